The zero-order valence-corrected chi connectivity index (χ0v) is 18.2. The largest absolute Gasteiger partial charge is 0.585 e. The first-order valence-corrected chi connectivity index (χ1v) is 8.61. The molecule has 3 rings (SSSR count). The van der Waals surface area contributed by atoms with E-state index in [2.05, 4.69) is 25.5 Å². The number of halogens is 4. The van der Waals surface area contributed by atoms with E-state index in [9.17, 15) is 17.1 Å². The Morgan fingerprint density at radius 1 is 1.37 bits per heavy atom. The van der Waals surface area contributed by atoms with E-state index < -0.39 is 29.1 Å². The van der Waals surface area contributed by atoms with Gasteiger partial charge >= 0.3 is 11.1 Å². The van der Waals surface area contributed by atoms with Crippen LogP contribution in [0.5, 0.6) is 5.75 Å². The molecule has 1 aliphatic heterocycles. The van der Waals surface area contributed by atoms with E-state index in [1.165, 1.54) is 12.1 Å². The molecule has 12 heteroatoms. The Bertz CT molecular complexity index is 717. The van der Waals surface area contributed by atoms with Gasteiger partial charge in [-0.1, -0.05) is 31.5 Å². The number of nitrogens with one attached hydrogen (secondary N) is 1. The van der Waals surface area contributed by atoms with Crippen LogP contribution in [0.4, 0.5) is 17.1 Å². The van der Waals surface area contributed by atoms with E-state index in [4.69, 9.17) is 4.84 Å². The van der Waals surface area contributed by atoms with Crippen LogP contribution in [0.15, 0.2) is 22.7 Å². The summed E-state index contributed by atoms with van der Waals surface area (Å²) in [7, 11) is 0. The number of hydrogen-bond acceptors (Lipinski definition) is 6. The van der Waals surface area contributed by atoms with Gasteiger partial charge in [0, 0.05) is 26.6 Å². The van der Waals surface area contributed by atoms with Crippen LogP contribution in [0.3, 0.4) is 0 Å². The Balaban J connectivity index is 0.00000118. The first-order valence-electron chi connectivity index (χ1n) is 7.89. The minimum atomic E-state index is -3.96. The molecular formula is C15H17F4N4O2SW-. The van der Waals surface area contributed by atoms with E-state index in [-0.39, 0.29) is 44.2 Å². The molecule has 6 nitrogen and oxygen atoms in total. The predicted octanol–water partition coefficient (Wildman–Crippen LogP) is 4.60. The standard InChI is InChI=1S/C13H11F4N4O2S.C2H6.W/c14-9-5-7(11-19-12(23-21-11)13(15,16)24-17)1-2-10(9)22-20-8-3-4-18-6-8;1-2;/h1-2,5,8,18H,3-4,6H2;1-2H3;/q-1;;. The van der Waals surface area contributed by atoms with Crippen molar-refractivity contribution in [2.75, 3.05) is 13.1 Å². The molecule has 1 aliphatic rings. The monoisotopic (exact) mass is 577 g/mol. The van der Waals surface area contributed by atoms with Crippen LogP contribution >= 0.6 is 12.1 Å². The van der Waals surface area contributed by atoms with Crippen LogP contribution in [-0.4, -0.2) is 29.3 Å². The molecule has 0 radical (unpaired) electrons. The fraction of sp³-hybridized carbons (Fsp3) is 0.467. The van der Waals surface area contributed by atoms with Crippen molar-refractivity contribution >= 4 is 12.1 Å². The van der Waals surface area contributed by atoms with Crippen molar-refractivity contribution in [1.29, 1.82) is 0 Å². The number of rotatable bonds is 6. The molecule has 0 saturated carbocycles. The third kappa shape index (κ3) is 6.17. The van der Waals surface area contributed by atoms with Gasteiger partial charge in [-0.3, -0.25) is 0 Å². The number of nitrogens with zero attached hydrogens (tertiary/aromatic N) is 3. The molecule has 0 amide bonds. The van der Waals surface area contributed by atoms with Crippen molar-refractivity contribution in [3.8, 4) is 17.1 Å². The van der Waals surface area contributed by atoms with Gasteiger partial charge in [-0.05, 0) is 31.3 Å². The second-order valence-electron chi connectivity index (χ2n) is 5.01. The maximum Gasteiger partial charge on any atom is 0.399 e. The third-order valence-electron chi connectivity index (χ3n) is 3.30. The normalized spacial score (nSPS) is 16.3. The third-order valence-corrected chi connectivity index (χ3v) is 3.66. The molecule has 1 aromatic heterocycles. The Hall–Kier alpha value is -1.16. The van der Waals surface area contributed by atoms with Gasteiger partial charge in [0.05, 0.1) is 0 Å². The molecule has 1 atom stereocenters. The molecular weight excluding hydrogens is 560 g/mol. The van der Waals surface area contributed by atoms with Gasteiger partial charge in [0.1, 0.15) is 17.9 Å². The van der Waals surface area contributed by atoms with E-state index >= 15 is 0 Å². The van der Waals surface area contributed by atoms with Gasteiger partial charge in [0.15, 0.2) is 5.82 Å². The van der Waals surface area contributed by atoms with Crippen molar-refractivity contribution in [3.63, 3.8) is 0 Å². The van der Waals surface area contributed by atoms with Crippen molar-refractivity contribution in [2.45, 2.75) is 31.6 Å². The average molecular weight is 577 g/mol. The van der Waals surface area contributed by atoms with Crippen molar-refractivity contribution in [1.82, 2.24) is 15.5 Å². The summed E-state index contributed by atoms with van der Waals surface area (Å²) in [5.74, 6) is -2.37. The molecule has 2 aromatic rings. The van der Waals surface area contributed by atoms with E-state index in [1.54, 1.807) is 0 Å². The maximum absolute atomic E-state index is 14.0. The average Bonchev–Trinajstić information content (AvgIpc) is 3.34. The molecule has 0 spiro atoms. The summed E-state index contributed by atoms with van der Waals surface area (Å²) in [5.41, 5.74) is 3.99. The first-order chi connectivity index (χ1) is 12.5. The van der Waals surface area contributed by atoms with E-state index in [0.29, 0.717) is 6.54 Å². The summed E-state index contributed by atoms with van der Waals surface area (Å²) in [5, 5.41) is 2.43. The second kappa shape index (κ2) is 11.0. The topological polar surface area (TPSA) is 74.3 Å². The van der Waals surface area contributed by atoms with Gasteiger partial charge in [-0.15, -0.1) is 0 Å². The number of hydrogen-bond donors (Lipinski definition) is 1. The summed E-state index contributed by atoms with van der Waals surface area (Å²) in [6, 6.07) is 3.57. The van der Waals surface area contributed by atoms with Crippen LogP contribution < -0.4 is 10.2 Å². The molecule has 1 unspecified atom stereocenters. The Labute approximate surface area is 172 Å². The van der Waals surface area contributed by atoms with E-state index in [1.807, 2.05) is 13.8 Å². The molecule has 150 valence electrons. The van der Waals surface area contributed by atoms with Gasteiger partial charge in [0.2, 0.25) is 5.82 Å². The molecule has 1 aromatic carbocycles. The number of benzene rings is 1. The number of alkyl halides is 2. The molecule has 0 aliphatic carbocycles. The van der Waals surface area contributed by atoms with Crippen LogP contribution in [0.25, 0.3) is 16.9 Å². The maximum atomic E-state index is 14.0. The second-order valence-corrected chi connectivity index (χ2v) is 5.67. The van der Waals surface area contributed by atoms with Crippen LogP contribution in [0.2, 0.25) is 0 Å². The number of aromatic nitrogens is 2. The minimum absolute atomic E-state index is 0. The summed E-state index contributed by atoms with van der Waals surface area (Å²) >= 11 is -1.23. The first kappa shape index (κ1) is 23.9. The summed E-state index contributed by atoms with van der Waals surface area (Å²) < 4.78 is 56.6. The Kier molecular flexibility index (Phi) is 9.72. The van der Waals surface area contributed by atoms with Crippen LogP contribution in [0, 0.1) is 5.82 Å². The zero-order valence-electron chi connectivity index (χ0n) is 14.4. The molecule has 2 heterocycles. The Morgan fingerprint density at radius 3 is 2.70 bits per heavy atom. The molecule has 1 fully saturated rings. The molecule has 27 heavy (non-hydrogen) atoms. The summed E-state index contributed by atoms with van der Waals surface area (Å²) in [6.45, 7) is 5.48. The van der Waals surface area contributed by atoms with Crippen molar-refractivity contribution in [2.24, 2.45) is 0 Å². The van der Waals surface area contributed by atoms with Crippen molar-refractivity contribution < 1.29 is 47.5 Å². The SMILES string of the molecule is CC.FSC(F)(F)c1nc(-c2ccc(O[N-]C3CCNC3)c(F)c2)no1.[W]. The summed E-state index contributed by atoms with van der Waals surface area (Å²) in [6.07, 6.45) is 0.798. The summed E-state index contributed by atoms with van der Waals surface area (Å²) in [4.78, 5) is 8.44. The fourth-order valence-corrected chi connectivity index (χ4v) is 2.22. The quantitative estimate of drug-likeness (QED) is 0.400. The minimum Gasteiger partial charge on any atom is -0.585 e. The smallest absolute Gasteiger partial charge is 0.399 e. The van der Waals surface area contributed by atoms with Gasteiger partial charge < -0.3 is 20.2 Å². The molecule has 1 N–H and O–H groups in total. The molecule has 1 saturated heterocycles. The number of hydroxylamine groups is 1. The van der Waals surface area contributed by atoms with E-state index in [0.717, 1.165) is 19.0 Å². The zero-order chi connectivity index (χ0) is 19.2. The van der Waals surface area contributed by atoms with Crippen molar-refractivity contribution in [3.05, 3.63) is 35.4 Å². The van der Waals surface area contributed by atoms with Crippen LogP contribution in [0.1, 0.15) is 26.2 Å². The predicted molar refractivity (Wildman–Crippen MR) is 88.9 cm³/mol. The Morgan fingerprint density at radius 2 is 2.11 bits per heavy atom. The van der Waals surface area contributed by atoms with Gasteiger partial charge in [-0.25, -0.2) is 4.39 Å². The van der Waals surface area contributed by atoms with Crippen LogP contribution in [-0.2, 0) is 26.3 Å². The van der Waals surface area contributed by atoms with Gasteiger partial charge in [-0.2, -0.15) is 17.7 Å². The van der Waals surface area contributed by atoms with Gasteiger partial charge in [0.25, 0.3) is 0 Å². The molecule has 0 bridgehead atoms. The fourth-order valence-electron chi connectivity index (χ4n) is 2.07.